The van der Waals surface area contributed by atoms with Crippen molar-refractivity contribution in [3.05, 3.63) is 35.4 Å². The molecule has 0 fully saturated rings. The van der Waals surface area contributed by atoms with Crippen molar-refractivity contribution < 1.29 is 0 Å². The molecule has 2 unspecified atom stereocenters. The summed E-state index contributed by atoms with van der Waals surface area (Å²) in [7, 11) is 2.05. The van der Waals surface area contributed by atoms with E-state index in [1.54, 1.807) is 0 Å². The fourth-order valence-corrected chi connectivity index (χ4v) is 2.65. The van der Waals surface area contributed by atoms with Gasteiger partial charge >= 0.3 is 0 Å². The van der Waals surface area contributed by atoms with Crippen LogP contribution in [0.15, 0.2) is 24.3 Å². The van der Waals surface area contributed by atoms with Gasteiger partial charge in [0.05, 0.1) is 0 Å². The molecule has 0 saturated carbocycles. The average molecular weight is 247 g/mol. The van der Waals surface area contributed by atoms with Crippen LogP contribution in [0.25, 0.3) is 0 Å². The van der Waals surface area contributed by atoms with Gasteiger partial charge in [0.15, 0.2) is 0 Å². The maximum atomic E-state index is 3.34. The molecule has 0 radical (unpaired) electrons. The molecule has 1 heteroatoms. The van der Waals surface area contributed by atoms with Crippen LogP contribution in [-0.4, -0.2) is 13.6 Å². The van der Waals surface area contributed by atoms with Crippen molar-refractivity contribution in [3.8, 4) is 0 Å². The van der Waals surface area contributed by atoms with E-state index in [2.05, 4.69) is 57.3 Å². The highest BCUT2D eigenvalue weighted by Gasteiger charge is 2.18. The highest BCUT2D eigenvalue weighted by Crippen LogP contribution is 2.28. The van der Waals surface area contributed by atoms with Crippen molar-refractivity contribution in [3.63, 3.8) is 0 Å². The third-order valence-electron chi connectivity index (χ3n) is 3.89. The van der Waals surface area contributed by atoms with Crippen LogP contribution in [0.1, 0.15) is 63.5 Å². The molecule has 1 nitrogen and oxygen atoms in total. The fraction of sp³-hybridized carbons (Fsp3) is 0.647. The molecular formula is C17H29N. The Balaban J connectivity index is 2.84. The van der Waals surface area contributed by atoms with Crippen molar-refractivity contribution in [2.45, 2.75) is 52.4 Å². The van der Waals surface area contributed by atoms with Gasteiger partial charge in [-0.15, -0.1) is 0 Å². The summed E-state index contributed by atoms with van der Waals surface area (Å²) < 4.78 is 0. The lowest BCUT2D eigenvalue weighted by atomic mass is 9.84. The van der Waals surface area contributed by atoms with E-state index in [-0.39, 0.29) is 0 Å². The smallest absolute Gasteiger partial charge is 0.00197 e. The average Bonchev–Trinajstić information content (AvgIpc) is 2.36. The maximum absolute atomic E-state index is 3.34. The number of rotatable bonds is 7. The summed E-state index contributed by atoms with van der Waals surface area (Å²) >= 11 is 0. The van der Waals surface area contributed by atoms with Gasteiger partial charge in [-0.1, -0.05) is 64.8 Å². The molecule has 1 N–H and O–H groups in total. The van der Waals surface area contributed by atoms with Gasteiger partial charge in [0.2, 0.25) is 0 Å². The van der Waals surface area contributed by atoms with Gasteiger partial charge in [0.25, 0.3) is 0 Å². The van der Waals surface area contributed by atoms with E-state index in [1.807, 2.05) is 7.05 Å². The monoisotopic (exact) mass is 247 g/mol. The molecule has 2 atom stereocenters. The van der Waals surface area contributed by atoms with Crippen LogP contribution in [0.2, 0.25) is 0 Å². The molecule has 0 amide bonds. The van der Waals surface area contributed by atoms with Gasteiger partial charge in [0.1, 0.15) is 0 Å². The third kappa shape index (κ3) is 4.13. The standard InChI is InChI=1S/C17H29N/c1-6-7-14(4)17(12-18-5)16-10-8-15(9-11-16)13(2)3/h8-11,13-14,17-18H,6-7,12H2,1-5H3. The summed E-state index contributed by atoms with van der Waals surface area (Å²) in [6, 6.07) is 9.23. The Morgan fingerprint density at radius 3 is 2.00 bits per heavy atom. The van der Waals surface area contributed by atoms with Crippen LogP contribution in [0.3, 0.4) is 0 Å². The highest BCUT2D eigenvalue weighted by molar-refractivity contribution is 5.27. The lowest BCUT2D eigenvalue weighted by Crippen LogP contribution is -2.22. The Kier molecular flexibility index (Phi) is 6.42. The zero-order chi connectivity index (χ0) is 13.5. The minimum Gasteiger partial charge on any atom is -0.319 e. The van der Waals surface area contributed by atoms with E-state index in [0.717, 1.165) is 12.5 Å². The van der Waals surface area contributed by atoms with Crippen LogP contribution in [0.5, 0.6) is 0 Å². The highest BCUT2D eigenvalue weighted by atomic mass is 14.8. The van der Waals surface area contributed by atoms with Crippen LogP contribution in [0, 0.1) is 5.92 Å². The van der Waals surface area contributed by atoms with Crippen molar-refractivity contribution in [1.29, 1.82) is 0 Å². The van der Waals surface area contributed by atoms with E-state index in [4.69, 9.17) is 0 Å². The minimum absolute atomic E-state index is 0.620. The van der Waals surface area contributed by atoms with Gasteiger partial charge in [-0.2, -0.15) is 0 Å². The first-order chi connectivity index (χ1) is 8.60. The Morgan fingerprint density at radius 2 is 1.56 bits per heavy atom. The summed E-state index contributed by atoms with van der Waals surface area (Å²) in [6.45, 7) is 10.2. The van der Waals surface area contributed by atoms with Gasteiger partial charge in [-0.05, 0) is 35.9 Å². The minimum atomic E-state index is 0.620. The Labute approximate surface area is 113 Å². The molecule has 0 aliphatic rings. The number of hydrogen-bond acceptors (Lipinski definition) is 1. The van der Waals surface area contributed by atoms with Gasteiger partial charge in [-0.25, -0.2) is 0 Å². The van der Waals surface area contributed by atoms with E-state index < -0.39 is 0 Å². The van der Waals surface area contributed by atoms with Crippen LogP contribution >= 0.6 is 0 Å². The zero-order valence-corrected chi connectivity index (χ0v) is 12.7. The number of nitrogens with one attached hydrogen (secondary N) is 1. The summed E-state index contributed by atoms with van der Waals surface area (Å²) in [5.41, 5.74) is 2.92. The van der Waals surface area contributed by atoms with Crippen molar-refractivity contribution in [1.82, 2.24) is 5.32 Å². The predicted molar refractivity (Wildman–Crippen MR) is 81.3 cm³/mol. The summed E-state index contributed by atoms with van der Waals surface area (Å²) in [5.74, 6) is 2.00. The summed E-state index contributed by atoms with van der Waals surface area (Å²) in [5, 5.41) is 3.34. The third-order valence-corrected chi connectivity index (χ3v) is 3.89. The molecule has 1 aromatic rings. The van der Waals surface area contributed by atoms with Crippen molar-refractivity contribution in [2.24, 2.45) is 5.92 Å². The molecule has 0 spiro atoms. The zero-order valence-electron chi connectivity index (χ0n) is 12.7. The Bertz CT molecular complexity index is 326. The van der Waals surface area contributed by atoms with E-state index in [1.165, 1.54) is 24.0 Å². The van der Waals surface area contributed by atoms with Crippen LogP contribution in [0.4, 0.5) is 0 Å². The predicted octanol–water partition coefficient (Wildman–Crippen LogP) is 4.55. The first-order valence-electron chi connectivity index (χ1n) is 7.34. The SMILES string of the molecule is CCCC(C)C(CNC)c1ccc(C(C)C)cc1. The van der Waals surface area contributed by atoms with Gasteiger partial charge < -0.3 is 5.32 Å². The number of benzene rings is 1. The second-order valence-electron chi connectivity index (χ2n) is 5.75. The first kappa shape index (κ1) is 15.2. The van der Waals surface area contributed by atoms with Crippen LogP contribution in [-0.2, 0) is 0 Å². The second kappa shape index (κ2) is 7.58. The molecule has 0 saturated heterocycles. The molecule has 1 rings (SSSR count). The maximum Gasteiger partial charge on any atom is 0.00197 e. The molecule has 18 heavy (non-hydrogen) atoms. The lowest BCUT2D eigenvalue weighted by molar-refractivity contribution is 0.413. The van der Waals surface area contributed by atoms with Gasteiger partial charge in [0, 0.05) is 6.54 Å². The number of likely N-dealkylation sites (N-methyl/N-ethyl adjacent to an activating group) is 1. The van der Waals surface area contributed by atoms with E-state index >= 15 is 0 Å². The normalized spacial score (nSPS) is 14.8. The van der Waals surface area contributed by atoms with E-state index in [0.29, 0.717) is 11.8 Å². The molecule has 0 aliphatic carbocycles. The fourth-order valence-electron chi connectivity index (χ4n) is 2.65. The summed E-state index contributed by atoms with van der Waals surface area (Å²) in [6.07, 6.45) is 2.57. The van der Waals surface area contributed by atoms with Gasteiger partial charge in [-0.3, -0.25) is 0 Å². The first-order valence-corrected chi connectivity index (χ1v) is 7.34. The van der Waals surface area contributed by atoms with Crippen LogP contribution < -0.4 is 5.32 Å². The molecule has 0 bridgehead atoms. The molecule has 102 valence electrons. The molecule has 0 heterocycles. The largest absolute Gasteiger partial charge is 0.319 e. The van der Waals surface area contributed by atoms with Crippen molar-refractivity contribution >= 4 is 0 Å². The molecular weight excluding hydrogens is 218 g/mol. The summed E-state index contributed by atoms with van der Waals surface area (Å²) in [4.78, 5) is 0. The molecule has 0 aliphatic heterocycles. The number of hydrogen-bond donors (Lipinski definition) is 1. The lowest BCUT2D eigenvalue weighted by Gasteiger charge is -2.24. The quantitative estimate of drug-likeness (QED) is 0.745. The Morgan fingerprint density at radius 1 is 1.00 bits per heavy atom. The van der Waals surface area contributed by atoms with Crippen molar-refractivity contribution in [2.75, 3.05) is 13.6 Å². The topological polar surface area (TPSA) is 12.0 Å². The second-order valence-corrected chi connectivity index (χ2v) is 5.75. The molecule has 1 aromatic carbocycles. The molecule has 0 aromatic heterocycles. The Hall–Kier alpha value is -0.820. The van der Waals surface area contributed by atoms with E-state index in [9.17, 15) is 0 Å².